The molecule has 0 bridgehead atoms. The van der Waals surface area contributed by atoms with Crippen molar-refractivity contribution in [3.63, 3.8) is 0 Å². The van der Waals surface area contributed by atoms with Crippen LogP contribution in [-0.4, -0.2) is 102 Å². The summed E-state index contributed by atoms with van der Waals surface area (Å²) in [5, 5.41) is 9.46. The quantitative estimate of drug-likeness (QED) is 0.0740. The Morgan fingerprint density at radius 1 is 0.531 bits per heavy atom. The Balaban J connectivity index is 7.19. The summed E-state index contributed by atoms with van der Waals surface area (Å²) >= 11 is 0. The average molecular weight is 792 g/mol. The molecule has 0 aliphatic heterocycles. The van der Waals surface area contributed by atoms with Crippen LogP contribution in [0, 0.1) is 0 Å². The fourth-order valence-electron chi connectivity index (χ4n) is 2.96. The van der Waals surface area contributed by atoms with Crippen LogP contribution < -0.4 is 0 Å². The third-order valence-electron chi connectivity index (χ3n) is 5.95. The van der Waals surface area contributed by atoms with E-state index in [-0.39, 0.29) is 7.11 Å². The minimum absolute atomic E-state index is 0.251. The van der Waals surface area contributed by atoms with Gasteiger partial charge in [0.25, 0.3) is 0 Å². The van der Waals surface area contributed by atoms with E-state index in [4.69, 9.17) is 0 Å². The summed E-state index contributed by atoms with van der Waals surface area (Å²) in [5.74, 6) is -102. The van der Waals surface area contributed by atoms with E-state index in [1.165, 1.54) is 0 Å². The van der Waals surface area contributed by atoms with Gasteiger partial charge < -0.3 is 14.6 Å². The van der Waals surface area contributed by atoms with Crippen molar-refractivity contribution in [2.45, 2.75) is 97.1 Å². The zero-order valence-corrected chi connectivity index (χ0v) is 22.7. The second kappa shape index (κ2) is 12.6. The Bertz CT molecular complexity index is 1220. The van der Waals surface area contributed by atoms with Gasteiger partial charge in [-0.1, -0.05) is 6.58 Å². The second-order valence-corrected chi connectivity index (χ2v) is 9.51. The number of methoxy groups -OCH3 is 1. The molecule has 0 aliphatic rings. The normalized spacial score (nSPS) is 17.1. The van der Waals surface area contributed by atoms with Crippen molar-refractivity contribution in [3.05, 3.63) is 12.2 Å². The Hall–Kier alpha value is -2.62. The molecule has 0 amide bonds. The molecule has 4 nitrogen and oxygen atoms in total. The van der Waals surface area contributed by atoms with Gasteiger partial charge in [-0.05, 0) is 6.92 Å². The van der Waals surface area contributed by atoms with E-state index in [2.05, 4.69) is 16.1 Å². The van der Waals surface area contributed by atoms with Gasteiger partial charge in [-0.2, -0.15) is 110 Å². The smallest absolute Gasteiger partial charge is 0.430 e. The van der Waals surface area contributed by atoms with Gasteiger partial charge in [-0.25, -0.2) is 4.79 Å². The van der Waals surface area contributed by atoms with Gasteiger partial charge in [0.15, 0.2) is 0 Å². The number of aliphatic hydroxyl groups is 1. The number of carbonyl (C=O) groups excluding carboxylic acids is 1. The summed E-state index contributed by atoms with van der Waals surface area (Å²) in [7, 11) is 0.251. The first-order valence-corrected chi connectivity index (χ1v) is 11.2. The molecule has 0 heterocycles. The number of aliphatic hydroxyl groups excluding tert-OH is 1. The topological polar surface area (TPSA) is 55.8 Å². The zero-order valence-electron chi connectivity index (χ0n) is 22.7. The molecule has 0 saturated carbocycles. The van der Waals surface area contributed by atoms with Crippen LogP contribution in [0.2, 0.25) is 0 Å². The molecule has 2 unspecified atom stereocenters. The van der Waals surface area contributed by atoms with Gasteiger partial charge in [-0.15, -0.1) is 0 Å². The van der Waals surface area contributed by atoms with E-state index in [9.17, 15) is 120 Å². The molecule has 0 rings (SSSR count). The van der Waals surface area contributed by atoms with Gasteiger partial charge in [-0.3, -0.25) is 0 Å². The third kappa shape index (κ3) is 6.41. The molecule has 29 heteroatoms. The maximum absolute atomic E-state index is 14.1. The SMILES string of the molecule is C=C(C)C(=O)OC(OC)C(O)CC(F)(F)C(F)(F)C(F)(F)C(F)(F)C(F)(F)C(F)(F)C(F)(F)C(F)(F)C(F)(F)C(F)(F)C(F)(F)C(F)(F)F. The number of alkyl halides is 25. The molecule has 1 N–H and O–H groups in total. The monoisotopic (exact) mass is 792 g/mol. The summed E-state index contributed by atoms with van der Waals surface area (Å²) in [5.41, 5.74) is -0.724. The van der Waals surface area contributed by atoms with Gasteiger partial charge in [0.1, 0.15) is 6.10 Å². The Kier molecular flexibility index (Phi) is 11.9. The molecule has 0 radical (unpaired) electrons. The highest BCUT2D eigenvalue weighted by Gasteiger charge is 2.99. The summed E-state index contributed by atoms with van der Waals surface area (Å²) in [6.07, 6.45) is -18.4. The first-order chi connectivity index (χ1) is 20.9. The van der Waals surface area contributed by atoms with E-state index in [1.54, 1.807) is 0 Å². The van der Waals surface area contributed by atoms with Crippen molar-refractivity contribution in [1.29, 1.82) is 0 Å². The largest absolute Gasteiger partial charge is 0.460 e. The predicted molar refractivity (Wildman–Crippen MR) is 103 cm³/mol. The number of hydrogen-bond donors (Lipinski definition) is 1. The van der Waals surface area contributed by atoms with Crippen molar-refractivity contribution in [1.82, 2.24) is 0 Å². The average Bonchev–Trinajstić information content (AvgIpc) is 2.89. The second-order valence-electron chi connectivity index (χ2n) is 9.51. The summed E-state index contributed by atoms with van der Waals surface area (Å²) in [6.45, 7) is 3.60. The first kappa shape index (κ1) is 46.4. The Labute approximate surface area is 252 Å². The molecule has 0 saturated heterocycles. The number of rotatable bonds is 16. The molecular formula is C20H13F25O4. The lowest BCUT2D eigenvalue weighted by molar-refractivity contribution is -0.482. The molecule has 0 aromatic heterocycles. The van der Waals surface area contributed by atoms with Crippen molar-refractivity contribution >= 4 is 5.97 Å². The standard InChI is InChI=1S/C20H13F25O4/c1-5(2)7(47)49-8(48-3)6(46)4-9(21,22)10(23,24)11(25,26)12(27,28)13(29,30)14(31,32)15(33,34)16(35,36)17(37,38)18(39,40)19(41,42)20(43,44)45/h6,8,46H,1,4H2,2-3H3. The lowest BCUT2D eigenvalue weighted by atomic mass is 9.84. The van der Waals surface area contributed by atoms with E-state index >= 15 is 0 Å². The van der Waals surface area contributed by atoms with Crippen LogP contribution in [0.25, 0.3) is 0 Å². The molecule has 49 heavy (non-hydrogen) atoms. The number of esters is 1. The van der Waals surface area contributed by atoms with Crippen LogP contribution in [-0.2, 0) is 14.3 Å². The van der Waals surface area contributed by atoms with Crippen LogP contribution in [0.1, 0.15) is 13.3 Å². The minimum Gasteiger partial charge on any atom is -0.430 e. The third-order valence-corrected chi connectivity index (χ3v) is 5.95. The number of halogens is 25. The lowest BCUT2D eigenvalue weighted by Crippen LogP contribution is -2.78. The van der Waals surface area contributed by atoms with E-state index in [1.807, 2.05) is 0 Å². The number of ether oxygens (including phenoxy) is 2. The Morgan fingerprint density at radius 2 is 0.776 bits per heavy atom. The van der Waals surface area contributed by atoms with Crippen molar-refractivity contribution < 1.29 is 129 Å². The maximum Gasteiger partial charge on any atom is 0.460 e. The molecule has 0 aromatic carbocycles. The van der Waals surface area contributed by atoms with Gasteiger partial charge >= 0.3 is 77.3 Å². The minimum atomic E-state index is -9.69. The highest BCUT2D eigenvalue weighted by atomic mass is 19.4. The molecule has 0 aromatic rings. The van der Waals surface area contributed by atoms with E-state index < -0.39 is 102 Å². The lowest BCUT2D eigenvalue weighted by Gasteiger charge is -2.45. The van der Waals surface area contributed by atoms with Crippen LogP contribution >= 0.6 is 0 Å². The molecular weight excluding hydrogens is 779 g/mol. The van der Waals surface area contributed by atoms with Crippen LogP contribution in [0.3, 0.4) is 0 Å². The van der Waals surface area contributed by atoms with Crippen molar-refractivity contribution in [3.8, 4) is 0 Å². The summed E-state index contributed by atoms with van der Waals surface area (Å²) in [4.78, 5) is 11.3. The fraction of sp³-hybridized carbons (Fsp3) is 0.850. The molecule has 292 valence electrons. The van der Waals surface area contributed by atoms with Gasteiger partial charge in [0.2, 0.25) is 6.29 Å². The first-order valence-electron chi connectivity index (χ1n) is 11.2. The van der Waals surface area contributed by atoms with Crippen LogP contribution in [0.5, 0.6) is 0 Å². The number of hydrogen-bond acceptors (Lipinski definition) is 4. The summed E-state index contributed by atoms with van der Waals surface area (Å²) in [6, 6.07) is 0. The van der Waals surface area contributed by atoms with E-state index in [0.29, 0.717) is 0 Å². The van der Waals surface area contributed by atoms with Gasteiger partial charge in [0.05, 0.1) is 0 Å². The van der Waals surface area contributed by atoms with E-state index in [0.717, 1.165) is 6.92 Å². The highest BCUT2D eigenvalue weighted by molar-refractivity contribution is 5.87. The van der Waals surface area contributed by atoms with Crippen LogP contribution in [0.15, 0.2) is 12.2 Å². The molecule has 0 aliphatic carbocycles. The van der Waals surface area contributed by atoms with Gasteiger partial charge in [0, 0.05) is 19.1 Å². The molecule has 0 fully saturated rings. The molecule has 2 atom stereocenters. The highest BCUT2D eigenvalue weighted by Crippen LogP contribution is 2.68. The predicted octanol–water partition coefficient (Wildman–Crippen LogP) is 8.38. The van der Waals surface area contributed by atoms with Crippen molar-refractivity contribution in [2.75, 3.05) is 7.11 Å². The Morgan fingerprint density at radius 3 is 1.00 bits per heavy atom. The van der Waals surface area contributed by atoms with Crippen LogP contribution in [0.4, 0.5) is 110 Å². The maximum atomic E-state index is 14.1. The summed E-state index contributed by atoms with van der Waals surface area (Å²) < 4.78 is 346. The molecule has 0 spiro atoms. The zero-order chi connectivity index (χ0) is 40.4. The number of carbonyl (C=O) groups is 1. The fourth-order valence-corrected chi connectivity index (χ4v) is 2.96. The van der Waals surface area contributed by atoms with Crippen molar-refractivity contribution in [2.24, 2.45) is 0 Å².